The first-order chi connectivity index (χ1) is 11.4. The van der Waals surface area contributed by atoms with Crippen molar-refractivity contribution < 1.29 is 9.84 Å². The van der Waals surface area contributed by atoms with E-state index in [0.29, 0.717) is 6.54 Å². The van der Waals surface area contributed by atoms with E-state index in [2.05, 4.69) is 38.2 Å². The fourth-order valence-electron chi connectivity index (χ4n) is 2.98. The van der Waals surface area contributed by atoms with Crippen molar-refractivity contribution in [3.8, 4) is 5.75 Å². The van der Waals surface area contributed by atoms with Gasteiger partial charge in [-0.25, -0.2) is 0 Å². The smallest absolute Gasteiger partial charge is 0.119 e. The summed E-state index contributed by atoms with van der Waals surface area (Å²) in [5.41, 5.74) is 6.09. The highest BCUT2D eigenvalue weighted by Gasteiger charge is 2.09. The zero-order valence-corrected chi connectivity index (χ0v) is 15.4. The maximum Gasteiger partial charge on any atom is 0.119 e. The van der Waals surface area contributed by atoms with Crippen molar-refractivity contribution in [2.75, 3.05) is 6.54 Å². The van der Waals surface area contributed by atoms with Gasteiger partial charge in [0, 0.05) is 13.1 Å². The highest BCUT2D eigenvalue weighted by Crippen LogP contribution is 2.19. The van der Waals surface area contributed by atoms with Crippen LogP contribution in [0.3, 0.4) is 0 Å². The molecule has 3 heteroatoms. The second kappa shape index (κ2) is 8.32. The fourth-order valence-corrected chi connectivity index (χ4v) is 2.98. The van der Waals surface area contributed by atoms with Crippen molar-refractivity contribution in [3.63, 3.8) is 0 Å². The average molecular weight is 327 g/mol. The molecule has 0 unspecified atom stereocenters. The lowest BCUT2D eigenvalue weighted by molar-refractivity contribution is 0.174. The Bertz CT molecular complexity index is 639. The molecule has 1 atom stereocenters. The molecule has 3 nitrogen and oxygen atoms in total. The molecule has 2 aromatic rings. The minimum Gasteiger partial charge on any atom is -0.491 e. The first-order valence-corrected chi connectivity index (χ1v) is 8.59. The molecule has 0 bridgehead atoms. The molecule has 0 heterocycles. The predicted molar refractivity (Wildman–Crippen MR) is 99.5 cm³/mol. The minimum absolute atomic E-state index is 0.156. The number of nitrogens with one attached hydrogen (secondary N) is 1. The molecule has 0 aliphatic rings. The molecule has 0 aromatic heterocycles. The topological polar surface area (TPSA) is 41.5 Å². The normalized spacial score (nSPS) is 12.5. The van der Waals surface area contributed by atoms with Crippen LogP contribution < -0.4 is 10.1 Å². The van der Waals surface area contributed by atoms with Gasteiger partial charge in [-0.15, -0.1) is 0 Å². The molecule has 2 N–H and O–H groups in total. The van der Waals surface area contributed by atoms with Gasteiger partial charge in [-0.3, -0.25) is 0 Å². The van der Waals surface area contributed by atoms with Crippen molar-refractivity contribution >= 4 is 0 Å². The molecule has 0 aliphatic heterocycles. The largest absolute Gasteiger partial charge is 0.491 e. The van der Waals surface area contributed by atoms with Crippen LogP contribution in [0.2, 0.25) is 0 Å². The third-order valence-electron chi connectivity index (χ3n) is 4.12. The number of rotatable bonds is 7. The molecule has 0 radical (unpaired) electrons. The SMILES string of the molecule is Cc1cc(C)c(CNC[C@@H](O)c2ccc(OC(C)C)cc2)c(C)c1. The summed E-state index contributed by atoms with van der Waals surface area (Å²) in [6.45, 7) is 11.7. The number of hydrogen-bond acceptors (Lipinski definition) is 3. The quantitative estimate of drug-likeness (QED) is 0.800. The van der Waals surface area contributed by atoms with Gasteiger partial charge < -0.3 is 15.2 Å². The Balaban J connectivity index is 1.90. The monoisotopic (exact) mass is 327 g/mol. The van der Waals surface area contributed by atoms with Crippen LogP contribution in [0.4, 0.5) is 0 Å². The van der Waals surface area contributed by atoms with Crippen LogP contribution in [-0.4, -0.2) is 17.8 Å². The summed E-state index contributed by atoms with van der Waals surface area (Å²) in [7, 11) is 0. The number of benzene rings is 2. The van der Waals surface area contributed by atoms with Crippen LogP contribution in [0, 0.1) is 20.8 Å². The van der Waals surface area contributed by atoms with E-state index < -0.39 is 6.10 Å². The number of aryl methyl sites for hydroxylation is 3. The number of hydrogen-bond donors (Lipinski definition) is 2. The third-order valence-corrected chi connectivity index (χ3v) is 4.12. The zero-order valence-electron chi connectivity index (χ0n) is 15.4. The minimum atomic E-state index is -0.524. The van der Waals surface area contributed by atoms with Gasteiger partial charge in [0.15, 0.2) is 0 Å². The summed E-state index contributed by atoms with van der Waals surface area (Å²) < 4.78 is 5.63. The van der Waals surface area contributed by atoms with Crippen LogP contribution in [0.5, 0.6) is 5.75 Å². The number of aliphatic hydroxyl groups is 1. The Morgan fingerprint density at radius 2 is 1.58 bits per heavy atom. The summed E-state index contributed by atoms with van der Waals surface area (Å²) >= 11 is 0. The Morgan fingerprint density at radius 3 is 2.12 bits per heavy atom. The number of ether oxygens (including phenoxy) is 1. The molecule has 24 heavy (non-hydrogen) atoms. The lowest BCUT2D eigenvalue weighted by Crippen LogP contribution is -2.22. The second-order valence-electron chi connectivity index (χ2n) is 6.76. The molecule has 2 aromatic carbocycles. The highest BCUT2D eigenvalue weighted by atomic mass is 16.5. The maximum atomic E-state index is 10.4. The van der Waals surface area contributed by atoms with Gasteiger partial charge in [0.2, 0.25) is 0 Å². The van der Waals surface area contributed by atoms with Crippen molar-refractivity contribution in [2.24, 2.45) is 0 Å². The summed E-state index contributed by atoms with van der Waals surface area (Å²) in [6, 6.07) is 12.1. The van der Waals surface area contributed by atoms with E-state index in [0.717, 1.165) is 17.9 Å². The average Bonchev–Trinajstić information content (AvgIpc) is 2.49. The fraction of sp³-hybridized carbons (Fsp3) is 0.429. The van der Waals surface area contributed by atoms with E-state index in [-0.39, 0.29) is 6.10 Å². The van der Waals surface area contributed by atoms with Crippen molar-refractivity contribution in [3.05, 3.63) is 64.2 Å². The Kier molecular flexibility index (Phi) is 6.41. The molecule has 130 valence electrons. The van der Waals surface area contributed by atoms with Crippen LogP contribution >= 0.6 is 0 Å². The van der Waals surface area contributed by atoms with E-state index in [9.17, 15) is 5.11 Å². The lowest BCUT2D eigenvalue weighted by atomic mass is 10.00. The van der Waals surface area contributed by atoms with Crippen LogP contribution in [0.15, 0.2) is 36.4 Å². The summed E-state index contributed by atoms with van der Waals surface area (Å²) in [6.07, 6.45) is -0.368. The predicted octanol–water partition coefficient (Wildman–Crippen LogP) is 4.22. The summed E-state index contributed by atoms with van der Waals surface area (Å²) in [5, 5.41) is 13.7. The molecule has 0 amide bonds. The number of aliphatic hydroxyl groups excluding tert-OH is 1. The van der Waals surface area contributed by atoms with Gasteiger partial charge in [-0.2, -0.15) is 0 Å². The van der Waals surface area contributed by atoms with Crippen LogP contribution in [-0.2, 0) is 6.54 Å². The highest BCUT2D eigenvalue weighted by molar-refractivity contribution is 5.37. The third kappa shape index (κ3) is 5.08. The van der Waals surface area contributed by atoms with Crippen LogP contribution in [0.25, 0.3) is 0 Å². The molecular weight excluding hydrogens is 298 g/mol. The van der Waals surface area contributed by atoms with E-state index in [4.69, 9.17) is 4.74 Å². The van der Waals surface area contributed by atoms with Gasteiger partial charge in [0.05, 0.1) is 12.2 Å². The van der Waals surface area contributed by atoms with Crippen molar-refractivity contribution in [1.82, 2.24) is 5.32 Å². The molecule has 0 saturated heterocycles. The van der Waals surface area contributed by atoms with Gasteiger partial charge in [0.1, 0.15) is 5.75 Å². The van der Waals surface area contributed by atoms with E-state index >= 15 is 0 Å². The molecule has 2 rings (SSSR count). The Hall–Kier alpha value is -1.84. The molecular formula is C21H29NO2. The van der Waals surface area contributed by atoms with Gasteiger partial charge in [-0.1, -0.05) is 29.8 Å². The molecule has 0 saturated carbocycles. The van der Waals surface area contributed by atoms with Gasteiger partial charge in [0.25, 0.3) is 0 Å². The molecule has 0 aliphatic carbocycles. The Morgan fingerprint density at radius 1 is 1.00 bits per heavy atom. The summed E-state index contributed by atoms with van der Waals surface area (Å²) in [4.78, 5) is 0. The van der Waals surface area contributed by atoms with Crippen molar-refractivity contribution in [2.45, 2.75) is 53.4 Å². The lowest BCUT2D eigenvalue weighted by Gasteiger charge is -2.16. The Labute approximate surface area is 145 Å². The van der Waals surface area contributed by atoms with E-state index in [1.54, 1.807) is 0 Å². The second-order valence-corrected chi connectivity index (χ2v) is 6.76. The van der Waals surface area contributed by atoms with Gasteiger partial charge >= 0.3 is 0 Å². The molecule has 0 fully saturated rings. The first kappa shape index (κ1) is 18.5. The van der Waals surface area contributed by atoms with Crippen molar-refractivity contribution in [1.29, 1.82) is 0 Å². The first-order valence-electron chi connectivity index (χ1n) is 8.59. The van der Waals surface area contributed by atoms with E-state index in [1.807, 2.05) is 38.1 Å². The zero-order chi connectivity index (χ0) is 17.7. The van der Waals surface area contributed by atoms with Gasteiger partial charge in [-0.05, 0) is 69.0 Å². The van der Waals surface area contributed by atoms with Crippen LogP contribution in [0.1, 0.15) is 47.8 Å². The maximum absolute atomic E-state index is 10.4. The molecule has 0 spiro atoms. The summed E-state index contributed by atoms with van der Waals surface area (Å²) in [5.74, 6) is 0.833. The van der Waals surface area contributed by atoms with E-state index in [1.165, 1.54) is 22.3 Å². The standard InChI is InChI=1S/C21H29NO2/c1-14(2)24-19-8-6-18(7-9-19)21(23)13-22-12-20-16(4)10-15(3)11-17(20)5/h6-11,14,21-23H,12-13H2,1-5H3/t21-/m1/s1.